The van der Waals surface area contributed by atoms with E-state index >= 15 is 0 Å². The summed E-state index contributed by atoms with van der Waals surface area (Å²) < 4.78 is 0. The third kappa shape index (κ3) is 3.04. The van der Waals surface area contributed by atoms with Gasteiger partial charge >= 0.3 is 0 Å². The van der Waals surface area contributed by atoms with Crippen molar-refractivity contribution in [2.75, 3.05) is 38.6 Å². The molecule has 6 heteroatoms. The molecule has 134 valence electrons. The molecule has 0 aliphatic carbocycles. The minimum absolute atomic E-state index is 0.0438. The van der Waals surface area contributed by atoms with E-state index in [1.165, 1.54) is 0 Å². The molecule has 1 aliphatic heterocycles. The summed E-state index contributed by atoms with van der Waals surface area (Å²) in [5.41, 5.74) is 3.71. The molecule has 1 amide bonds. The SMILES string of the molecule is CN(C)c1ccc(C(=O)N2CCNCC2c2nc3ccccc3[nH]2)cc1. The summed E-state index contributed by atoms with van der Waals surface area (Å²) in [6.45, 7) is 2.15. The van der Waals surface area contributed by atoms with Crippen LogP contribution in [0.3, 0.4) is 0 Å². The Hall–Kier alpha value is -2.86. The summed E-state index contributed by atoms with van der Waals surface area (Å²) in [6.07, 6.45) is 0. The lowest BCUT2D eigenvalue weighted by Gasteiger charge is -2.35. The Bertz CT molecular complexity index is 882. The number of imidazole rings is 1. The van der Waals surface area contributed by atoms with E-state index in [-0.39, 0.29) is 11.9 Å². The van der Waals surface area contributed by atoms with Gasteiger partial charge in [0.05, 0.1) is 11.0 Å². The molecule has 1 atom stereocenters. The number of nitrogens with one attached hydrogen (secondary N) is 2. The third-order valence-electron chi connectivity index (χ3n) is 4.86. The van der Waals surface area contributed by atoms with Crippen LogP contribution in [0.25, 0.3) is 11.0 Å². The maximum Gasteiger partial charge on any atom is 0.254 e. The highest BCUT2D eigenvalue weighted by atomic mass is 16.2. The van der Waals surface area contributed by atoms with Gasteiger partial charge in [-0.1, -0.05) is 12.1 Å². The van der Waals surface area contributed by atoms with Crippen molar-refractivity contribution < 1.29 is 4.79 Å². The van der Waals surface area contributed by atoms with Gasteiger partial charge in [-0.25, -0.2) is 4.98 Å². The van der Waals surface area contributed by atoms with Crippen LogP contribution in [-0.4, -0.2) is 54.5 Å². The molecule has 1 aliphatic rings. The van der Waals surface area contributed by atoms with Gasteiger partial charge in [-0.3, -0.25) is 4.79 Å². The van der Waals surface area contributed by atoms with Gasteiger partial charge in [-0.05, 0) is 36.4 Å². The van der Waals surface area contributed by atoms with Crippen LogP contribution in [0.4, 0.5) is 5.69 Å². The van der Waals surface area contributed by atoms with Gasteiger partial charge in [0.25, 0.3) is 5.91 Å². The molecule has 26 heavy (non-hydrogen) atoms. The lowest BCUT2D eigenvalue weighted by Crippen LogP contribution is -2.49. The van der Waals surface area contributed by atoms with Gasteiger partial charge in [0.2, 0.25) is 0 Å². The number of piperazine rings is 1. The van der Waals surface area contributed by atoms with E-state index in [9.17, 15) is 4.79 Å². The molecule has 3 aromatic rings. The van der Waals surface area contributed by atoms with E-state index in [0.29, 0.717) is 18.7 Å². The zero-order valence-corrected chi connectivity index (χ0v) is 15.1. The number of aromatic amines is 1. The highest BCUT2D eigenvalue weighted by Crippen LogP contribution is 2.25. The van der Waals surface area contributed by atoms with Gasteiger partial charge in [0.1, 0.15) is 11.9 Å². The van der Waals surface area contributed by atoms with Crippen LogP contribution in [0.15, 0.2) is 48.5 Å². The quantitative estimate of drug-likeness (QED) is 0.762. The number of nitrogens with zero attached hydrogens (tertiary/aromatic N) is 3. The van der Waals surface area contributed by atoms with E-state index in [2.05, 4.69) is 10.3 Å². The van der Waals surface area contributed by atoms with Crippen molar-refractivity contribution in [2.24, 2.45) is 0 Å². The fraction of sp³-hybridized carbons (Fsp3) is 0.300. The Kier molecular flexibility index (Phi) is 4.34. The highest BCUT2D eigenvalue weighted by Gasteiger charge is 2.30. The van der Waals surface area contributed by atoms with Gasteiger partial charge in [0.15, 0.2) is 0 Å². The molecule has 1 aromatic heterocycles. The maximum absolute atomic E-state index is 13.1. The molecular weight excluding hydrogens is 326 g/mol. The maximum atomic E-state index is 13.1. The summed E-state index contributed by atoms with van der Waals surface area (Å²) in [7, 11) is 3.98. The van der Waals surface area contributed by atoms with Crippen molar-refractivity contribution in [3.63, 3.8) is 0 Å². The zero-order chi connectivity index (χ0) is 18.1. The first-order valence-electron chi connectivity index (χ1n) is 8.87. The Morgan fingerprint density at radius 2 is 1.92 bits per heavy atom. The van der Waals surface area contributed by atoms with E-state index in [1.807, 2.05) is 72.4 Å². The molecule has 1 unspecified atom stereocenters. The number of para-hydroxylation sites is 2. The molecule has 2 heterocycles. The molecule has 1 saturated heterocycles. The first kappa shape index (κ1) is 16.6. The summed E-state index contributed by atoms with van der Waals surface area (Å²) in [5.74, 6) is 0.874. The number of fused-ring (bicyclic) bond motifs is 1. The van der Waals surface area contributed by atoms with Crippen LogP contribution in [-0.2, 0) is 0 Å². The van der Waals surface area contributed by atoms with Gasteiger partial charge in [-0.2, -0.15) is 0 Å². The topological polar surface area (TPSA) is 64.3 Å². The number of hydrogen-bond acceptors (Lipinski definition) is 4. The van der Waals surface area contributed by atoms with Crippen molar-refractivity contribution in [2.45, 2.75) is 6.04 Å². The van der Waals surface area contributed by atoms with Crippen LogP contribution < -0.4 is 10.2 Å². The Balaban J connectivity index is 1.63. The van der Waals surface area contributed by atoms with Gasteiger partial charge in [-0.15, -0.1) is 0 Å². The lowest BCUT2D eigenvalue weighted by atomic mass is 10.1. The predicted molar refractivity (Wildman–Crippen MR) is 104 cm³/mol. The number of anilines is 1. The number of carbonyl (C=O) groups excluding carboxylic acids is 1. The van der Waals surface area contributed by atoms with Crippen LogP contribution in [0, 0.1) is 0 Å². The Morgan fingerprint density at radius 1 is 1.15 bits per heavy atom. The summed E-state index contributed by atoms with van der Waals surface area (Å²) in [4.78, 5) is 25.1. The minimum atomic E-state index is -0.0998. The number of rotatable bonds is 3. The van der Waals surface area contributed by atoms with Gasteiger partial charge < -0.3 is 20.1 Å². The first-order valence-corrected chi connectivity index (χ1v) is 8.87. The molecule has 0 radical (unpaired) electrons. The van der Waals surface area contributed by atoms with Crippen LogP contribution >= 0.6 is 0 Å². The summed E-state index contributed by atoms with van der Waals surface area (Å²) in [5, 5.41) is 3.38. The van der Waals surface area contributed by atoms with Crippen molar-refractivity contribution in [1.29, 1.82) is 0 Å². The molecule has 2 N–H and O–H groups in total. The Morgan fingerprint density at radius 3 is 2.65 bits per heavy atom. The van der Waals surface area contributed by atoms with E-state index < -0.39 is 0 Å². The second-order valence-electron chi connectivity index (χ2n) is 6.80. The fourth-order valence-electron chi connectivity index (χ4n) is 3.39. The third-order valence-corrected chi connectivity index (χ3v) is 4.86. The fourth-order valence-corrected chi connectivity index (χ4v) is 3.39. The normalized spacial score (nSPS) is 17.5. The number of hydrogen-bond donors (Lipinski definition) is 2. The van der Waals surface area contributed by atoms with Crippen molar-refractivity contribution in [3.8, 4) is 0 Å². The van der Waals surface area contributed by atoms with Gasteiger partial charge in [0, 0.05) is 45.0 Å². The molecule has 0 saturated carbocycles. The van der Waals surface area contributed by atoms with Crippen LogP contribution in [0.5, 0.6) is 0 Å². The predicted octanol–water partition coefficient (Wildman–Crippen LogP) is 2.42. The minimum Gasteiger partial charge on any atom is -0.378 e. The number of H-pyrrole nitrogens is 1. The molecule has 0 spiro atoms. The summed E-state index contributed by atoms with van der Waals surface area (Å²) in [6, 6.07) is 15.6. The smallest absolute Gasteiger partial charge is 0.254 e. The van der Waals surface area contributed by atoms with Crippen molar-refractivity contribution in [3.05, 3.63) is 59.9 Å². The molecule has 0 bridgehead atoms. The molecule has 4 rings (SSSR count). The number of carbonyl (C=O) groups is 1. The van der Waals surface area contributed by atoms with E-state index in [4.69, 9.17) is 4.98 Å². The highest BCUT2D eigenvalue weighted by molar-refractivity contribution is 5.95. The number of amides is 1. The molecule has 1 fully saturated rings. The zero-order valence-electron chi connectivity index (χ0n) is 15.1. The first-order chi connectivity index (χ1) is 12.6. The van der Waals surface area contributed by atoms with E-state index in [0.717, 1.165) is 29.1 Å². The lowest BCUT2D eigenvalue weighted by molar-refractivity contribution is 0.0625. The number of benzene rings is 2. The molecule has 2 aromatic carbocycles. The average molecular weight is 349 g/mol. The van der Waals surface area contributed by atoms with Crippen molar-refractivity contribution >= 4 is 22.6 Å². The monoisotopic (exact) mass is 349 g/mol. The molecule has 6 nitrogen and oxygen atoms in total. The Labute approximate surface area is 152 Å². The van der Waals surface area contributed by atoms with Crippen LogP contribution in [0.1, 0.15) is 22.2 Å². The molecular formula is C20H23N5O. The second kappa shape index (κ2) is 6.80. The average Bonchev–Trinajstić information content (AvgIpc) is 3.11. The second-order valence-corrected chi connectivity index (χ2v) is 6.80. The van der Waals surface area contributed by atoms with Crippen LogP contribution in [0.2, 0.25) is 0 Å². The standard InChI is InChI=1S/C20H23N5O/c1-24(2)15-9-7-14(8-10-15)20(26)25-12-11-21-13-18(25)19-22-16-5-3-4-6-17(16)23-19/h3-10,18,21H,11-13H2,1-2H3,(H,22,23). The van der Waals surface area contributed by atoms with Crippen molar-refractivity contribution in [1.82, 2.24) is 20.2 Å². The summed E-state index contributed by atoms with van der Waals surface area (Å²) >= 11 is 0. The largest absolute Gasteiger partial charge is 0.378 e. The van der Waals surface area contributed by atoms with E-state index in [1.54, 1.807) is 0 Å². The number of aromatic nitrogens is 2.